The Bertz CT molecular complexity index is 660. The Morgan fingerprint density at radius 2 is 1.96 bits per heavy atom. The van der Waals surface area contributed by atoms with E-state index >= 15 is 0 Å². The van der Waals surface area contributed by atoms with E-state index in [9.17, 15) is 9.59 Å². The van der Waals surface area contributed by atoms with E-state index in [4.69, 9.17) is 9.26 Å². The first kappa shape index (κ1) is 16.7. The maximum atomic E-state index is 11.9. The molecule has 0 aliphatic carbocycles. The third-order valence-electron chi connectivity index (χ3n) is 3.55. The fourth-order valence-corrected chi connectivity index (χ4v) is 2.20. The Labute approximate surface area is 134 Å². The number of rotatable bonds is 6. The van der Waals surface area contributed by atoms with E-state index in [2.05, 4.69) is 10.5 Å². The Kier molecular flexibility index (Phi) is 5.51. The summed E-state index contributed by atoms with van der Waals surface area (Å²) in [7, 11) is 0. The SMILES string of the molecule is Cc1noc(C)c1C(=O)OCC(=O)NC[C@H](C)c1ccccc1. The molecule has 1 aromatic heterocycles. The highest BCUT2D eigenvalue weighted by molar-refractivity contribution is 5.93. The number of benzene rings is 1. The maximum Gasteiger partial charge on any atom is 0.344 e. The van der Waals surface area contributed by atoms with E-state index < -0.39 is 5.97 Å². The number of nitrogens with zero attached hydrogens (tertiary/aromatic N) is 1. The molecule has 0 unspecified atom stereocenters. The van der Waals surface area contributed by atoms with Gasteiger partial charge >= 0.3 is 5.97 Å². The lowest BCUT2D eigenvalue weighted by Crippen LogP contribution is -2.31. The fraction of sp³-hybridized carbons (Fsp3) is 0.353. The maximum absolute atomic E-state index is 11.9. The molecule has 122 valence electrons. The highest BCUT2D eigenvalue weighted by Crippen LogP contribution is 2.14. The highest BCUT2D eigenvalue weighted by atomic mass is 16.5. The van der Waals surface area contributed by atoms with Gasteiger partial charge in [-0.05, 0) is 25.3 Å². The molecule has 0 aliphatic heterocycles. The number of aryl methyl sites for hydroxylation is 2. The predicted molar refractivity (Wildman–Crippen MR) is 84.1 cm³/mol. The molecule has 6 heteroatoms. The number of hydrogen-bond acceptors (Lipinski definition) is 5. The fourth-order valence-electron chi connectivity index (χ4n) is 2.20. The average molecular weight is 316 g/mol. The number of hydrogen-bond donors (Lipinski definition) is 1. The number of aromatic nitrogens is 1. The van der Waals surface area contributed by atoms with Gasteiger partial charge in [0.15, 0.2) is 6.61 Å². The molecule has 0 saturated heterocycles. The lowest BCUT2D eigenvalue weighted by Gasteiger charge is -2.13. The van der Waals surface area contributed by atoms with Crippen LogP contribution in [0.5, 0.6) is 0 Å². The molecule has 0 radical (unpaired) electrons. The van der Waals surface area contributed by atoms with E-state index in [1.54, 1.807) is 13.8 Å². The van der Waals surface area contributed by atoms with E-state index in [1.165, 1.54) is 0 Å². The summed E-state index contributed by atoms with van der Waals surface area (Å²) in [6, 6.07) is 9.88. The molecule has 1 atom stereocenters. The molecule has 0 saturated carbocycles. The van der Waals surface area contributed by atoms with Gasteiger partial charge in [-0.2, -0.15) is 0 Å². The Hall–Kier alpha value is -2.63. The monoisotopic (exact) mass is 316 g/mol. The molecule has 2 aromatic rings. The van der Waals surface area contributed by atoms with Crippen molar-refractivity contribution in [1.82, 2.24) is 10.5 Å². The molecule has 1 N–H and O–H groups in total. The smallest absolute Gasteiger partial charge is 0.344 e. The van der Waals surface area contributed by atoms with Crippen molar-refractivity contribution < 1.29 is 18.8 Å². The van der Waals surface area contributed by atoms with Gasteiger partial charge in [0.1, 0.15) is 11.3 Å². The average Bonchev–Trinajstić information content (AvgIpc) is 2.90. The van der Waals surface area contributed by atoms with E-state index in [0.29, 0.717) is 18.0 Å². The van der Waals surface area contributed by atoms with Gasteiger partial charge < -0.3 is 14.6 Å². The van der Waals surface area contributed by atoms with Crippen LogP contribution in [0.25, 0.3) is 0 Å². The van der Waals surface area contributed by atoms with Gasteiger partial charge in [-0.1, -0.05) is 42.4 Å². The van der Waals surface area contributed by atoms with Crippen molar-refractivity contribution in [2.45, 2.75) is 26.7 Å². The van der Waals surface area contributed by atoms with Crippen LogP contribution >= 0.6 is 0 Å². The lowest BCUT2D eigenvalue weighted by molar-refractivity contribution is -0.124. The minimum atomic E-state index is -0.604. The van der Waals surface area contributed by atoms with Crippen molar-refractivity contribution in [2.75, 3.05) is 13.2 Å². The van der Waals surface area contributed by atoms with Crippen molar-refractivity contribution >= 4 is 11.9 Å². The highest BCUT2D eigenvalue weighted by Gasteiger charge is 2.20. The number of ether oxygens (including phenoxy) is 1. The Morgan fingerprint density at radius 3 is 2.57 bits per heavy atom. The van der Waals surface area contributed by atoms with Gasteiger partial charge in [0.25, 0.3) is 5.91 Å². The zero-order valence-corrected chi connectivity index (χ0v) is 13.5. The van der Waals surface area contributed by atoms with Crippen LogP contribution in [0.4, 0.5) is 0 Å². The first-order valence-corrected chi connectivity index (χ1v) is 7.40. The molecule has 1 aromatic carbocycles. The van der Waals surface area contributed by atoms with Crippen LogP contribution in [-0.2, 0) is 9.53 Å². The van der Waals surface area contributed by atoms with Crippen LogP contribution in [-0.4, -0.2) is 30.2 Å². The minimum absolute atomic E-state index is 0.179. The van der Waals surface area contributed by atoms with Crippen LogP contribution in [0.3, 0.4) is 0 Å². The first-order chi connectivity index (χ1) is 11.0. The molecule has 23 heavy (non-hydrogen) atoms. The van der Waals surface area contributed by atoms with E-state index in [0.717, 1.165) is 5.56 Å². The molecule has 0 fully saturated rings. The van der Waals surface area contributed by atoms with Gasteiger partial charge in [0.2, 0.25) is 0 Å². The molecular formula is C17H20N2O4. The molecule has 0 bridgehead atoms. The lowest BCUT2D eigenvalue weighted by atomic mass is 10.0. The van der Waals surface area contributed by atoms with Crippen LogP contribution in [0.1, 0.15) is 40.2 Å². The van der Waals surface area contributed by atoms with Crippen molar-refractivity contribution in [2.24, 2.45) is 0 Å². The zero-order chi connectivity index (χ0) is 16.8. The van der Waals surface area contributed by atoms with Crippen LogP contribution < -0.4 is 5.32 Å². The summed E-state index contributed by atoms with van der Waals surface area (Å²) >= 11 is 0. The second kappa shape index (κ2) is 7.58. The Morgan fingerprint density at radius 1 is 1.26 bits per heavy atom. The van der Waals surface area contributed by atoms with E-state index in [1.807, 2.05) is 37.3 Å². The van der Waals surface area contributed by atoms with Crippen LogP contribution in [0.15, 0.2) is 34.9 Å². The van der Waals surface area contributed by atoms with Crippen molar-refractivity contribution in [1.29, 1.82) is 0 Å². The molecule has 1 heterocycles. The standard InChI is InChI=1S/C17H20N2O4/c1-11(14-7-5-4-6-8-14)9-18-15(20)10-22-17(21)16-12(2)19-23-13(16)3/h4-8,11H,9-10H2,1-3H3,(H,18,20)/t11-/m0/s1. The third kappa shape index (κ3) is 4.42. The van der Waals surface area contributed by atoms with Crippen molar-refractivity contribution in [3.05, 3.63) is 52.9 Å². The second-order valence-corrected chi connectivity index (χ2v) is 5.39. The molecular weight excluding hydrogens is 296 g/mol. The molecule has 1 amide bonds. The normalized spacial score (nSPS) is 11.8. The summed E-state index contributed by atoms with van der Waals surface area (Å²) in [5, 5.41) is 6.44. The summed E-state index contributed by atoms with van der Waals surface area (Å²) in [6.45, 7) is 5.44. The van der Waals surface area contributed by atoms with Crippen molar-refractivity contribution in [3.8, 4) is 0 Å². The summed E-state index contributed by atoms with van der Waals surface area (Å²) in [5.41, 5.74) is 1.86. The summed E-state index contributed by atoms with van der Waals surface area (Å²) < 4.78 is 9.90. The number of nitrogens with one attached hydrogen (secondary N) is 1. The van der Waals surface area contributed by atoms with Gasteiger partial charge in [-0.25, -0.2) is 4.79 Å². The van der Waals surface area contributed by atoms with Crippen LogP contribution in [0.2, 0.25) is 0 Å². The number of amides is 1. The molecule has 0 spiro atoms. The first-order valence-electron chi connectivity index (χ1n) is 7.40. The predicted octanol–water partition coefficient (Wildman–Crippen LogP) is 2.37. The van der Waals surface area contributed by atoms with Gasteiger partial charge in [-0.3, -0.25) is 4.79 Å². The quantitative estimate of drug-likeness (QED) is 0.827. The summed E-state index contributed by atoms with van der Waals surface area (Å²) in [6.07, 6.45) is 0. The third-order valence-corrected chi connectivity index (χ3v) is 3.55. The van der Waals surface area contributed by atoms with Crippen LogP contribution in [0, 0.1) is 13.8 Å². The van der Waals surface area contributed by atoms with Gasteiger partial charge in [0, 0.05) is 6.54 Å². The minimum Gasteiger partial charge on any atom is -0.452 e. The molecule has 0 aliphatic rings. The number of esters is 1. The summed E-state index contributed by atoms with van der Waals surface area (Å²) in [5.74, 6) is -0.385. The van der Waals surface area contributed by atoms with Gasteiger partial charge in [0.05, 0.1) is 5.69 Å². The Balaban J connectivity index is 1.78. The number of carbonyl (C=O) groups excluding carboxylic acids is 2. The zero-order valence-electron chi connectivity index (χ0n) is 13.5. The molecule has 6 nitrogen and oxygen atoms in total. The largest absolute Gasteiger partial charge is 0.452 e. The molecule has 2 rings (SSSR count). The van der Waals surface area contributed by atoms with Gasteiger partial charge in [-0.15, -0.1) is 0 Å². The van der Waals surface area contributed by atoms with Crippen molar-refractivity contribution in [3.63, 3.8) is 0 Å². The summed E-state index contributed by atoms with van der Waals surface area (Å²) in [4.78, 5) is 23.7. The topological polar surface area (TPSA) is 81.4 Å². The number of carbonyl (C=O) groups is 2. The van der Waals surface area contributed by atoms with E-state index in [-0.39, 0.29) is 24.0 Å². The second-order valence-electron chi connectivity index (χ2n) is 5.39.